The molecular weight excluding hydrogens is 1150 g/mol. The number of aliphatic carboxylic acids is 1. The van der Waals surface area contributed by atoms with Crippen LogP contribution >= 0.6 is 0 Å². The van der Waals surface area contributed by atoms with Crippen molar-refractivity contribution in [1.82, 2.24) is 36.1 Å². The summed E-state index contributed by atoms with van der Waals surface area (Å²) in [5.41, 5.74) is 9.75. The quantitative estimate of drug-likeness (QED) is 0.0147. The van der Waals surface area contributed by atoms with Crippen LogP contribution in [0.4, 0.5) is 26.7 Å². The fourth-order valence-corrected chi connectivity index (χ4v) is 10.9. The van der Waals surface area contributed by atoms with Crippen LogP contribution in [0.1, 0.15) is 123 Å². The van der Waals surface area contributed by atoms with Gasteiger partial charge in [-0.15, -0.1) is 0 Å². The summed E-state index contributed by atoms with van der Waals surface area (Å²) >= 11 is 0. The zero-order valence-corrected chi connectivity index (χ0v) is 53.8. The maximum absolute atomic E-state index is 14.4. The fourth-order valence-electron chi connectivity index (χ4n) is 10.9. The van der Waals surface area contributed by atoms with Crippen LogP contribution in [-0.4, -0.2) is 119 Å². The lowest BCUT2D eigenvalue weighted by molar-refractivity contribution is -0.141. The van der Waals surface area contributed by atoms with E-state index >= 15 is 0 Å². The Labute approximate surface area is 526 Å². The first-order chi connectivity index (χ1) is 42.4. The predicted octanol–water partition coefficient (Wildman–Crippen LogP) is 7.58. The fraction of sp³-hybridized carbons (Fsp3) is 0.426. The highest BCUT2D eigenvalue weighted by atomic mass is 16.5. The molecule has 5 aromatic rings. The average Bonchev–Trinajstić information content (AvgIpc) is 1.57. The summed E-state index contributed by atoms with van der Waals surface area (Å²) in [6.07, 6.45) is 2.73. The summed E-state index contributed by atoms with van der Waals surface area (Å²) in [4.78, 5) is 123. The van der Waals surface area contributed by atoms with Crippen molar-refractivity contribution >= 4 is 81.5 Å². The van der Waals surface area contributed by atoms with E-state index in [-0.39, 0.29) is 68.7 Å². The van der Waals surface area contributed by atoms with E-state index in [0.717, 1.165) is 27.6 Å². The van der Waals surface area contributed by atoms with Crippen LogP contribution in [0.5, 0.6) is 0 Å². The number of ether oxygens (including phenoxy) is 1. The summed E-state index contributed by atoms with van der Waals surface area (Å²) in [5, 5.41) is 30.3. The van der Waals surface area contributed by atoms with Gasteiger partial charge >= 0.3 is 18.1 Å². The minimum Gasteiger partial charge on any atom is -0.478 e. The number of para-hydroxylation sites is 1. The van der Waals surface area contributed by atoms with E-state index in [2.05, 4.69) is 49.1 Å². The number of fused-ring (bicyclic) bond motifs is 3. The van der Waals surface area contributed by atoms with Crippen molar-refractivity contribution in [2.45, 2.75) is 144 Å². The van der Waals surface area contributed by atoms with Gasteiger partial charge in [0.05, 0.1) is 29.8 Å². The summed E-state index contributed by atoms with van der Waals surface area (Å²) in [7, 11) is 5.15. The Kier molecular flexibility index (Phi) is 23.7. The number of hydrogen-bond acceptors (Lipinski definition) is 11. The number of carboxylic acid groups (broad SMARTS) is 1. The molecule has 2 heterocycles. The number of anilines is 3. The van der Waals surface area contributed by atoms with Gasteiger partial charge in [-0.3, -0.25) is 34.1 Å². The number of carbonyl (C=O) groups is 9. The molecule has 10 N–H and O–H groups in total. The molecule has 0 saturated heterocycles. The van der Waals surface area contributed by atoms with Crippen molar-refractivity contribution in [3.05, 3.63) is 137 Å². The lowest BCUT2D eigenvalue weighted by Crippen LogP contribution is -2.61. The Hall–Kier alpha value is -9.49. The summed E-state index contributed by atoms with van der Waals surface area (Å²) in [5.74, 6) is 1.93. The van der Waals surface area contributed by atoms with E-state index in [1.54, 1.807) is 75.3 Å². The first-order valence-corrected chi connectivity index (χ1v) is 30.1. The van der Waals surface area contributed by atoms with Crippen molar-refractivity contribution in [1.29, 1.82) is 0 Å². The topological polar surface area (TPSA) is 305 Å². The van der Waals surface area contributed by atoms with Gasteiger partial charge in [-0.05, 0) is 103 Å². The van der Waals surface area contributed by atoms with Crippen molar-refractivity contribution in [3.8, 4) is 11.8 Å². The van der Waals surface area contributed by atoms with Crippen LogP contribution in [0.2, 0.25) is 0 Å². The zero-order valence-electron chi connectivity index (χ0n) is 53.8. The van der Waals surface area contributed by atoms with E-state index in [1.165, 1.54) is 11.8 Å². The van der Waals surface area contributed by atoms with Gasteiger partial charge in [0.15, 0.2) is 0 Å². The van der Waals surface area contributed by atoms with E-state index in [4.69, 9.17) is 10.5 Å². The maximum Gasteiger partial charge on any atom is 0.411 e. The second-order valence-corrected chi connectivity index (χ2v) is 25.1. The maximum atomic E-state index is 14.4. The predicted molar refractivity (Wildman–Crippen MR) is 347 cm³/mol. The van der Waals surface area contributed by atoms with Crippen LogP contribution in [0.15, 0.2) is 109 Å². The Balaban J connectivity index is 1.05. The molecule has 0 spiro atoms. The van der Waals surface area contributed by atoms with Crippen molar-refractivity contribution < 1.29 is 53.0 Å². The van der Waals surface area contributed by atoms with E-state index in [0.29, 0.717) is 28.2 Å². The van der Waals surface area contributed by atoms with E-state index in [1.807, 2.05) is 121 Å². The van der Waals surface area contributed by atoms with Gasteiger partial charge in [0, 0.05) is 78.6 Å². The number of aromatic nitrogens is 1. The van der Waals surface area contributed by atoms with Gasteiger partial charge in [0.1, 0.15) is 24.7 Å². The van der Waals surface area contributed by atoms with Gasteiger partial charge < -0.3 is 61.8 Å². The van der Waals surface area contributed by atoms with Crippen LogP contribution in [-0.2, 0) is 63.9 Å². The molecule has 5 atom stereocenters. The number of hydrogen-bond donors (Lipinski definition) is 9. The van der Waals surface area contributed by atoms with Gasteiger partial charge in [0.25, 0.3) is 0 Å². The number of aryl methyl sites for hydroxylation is 1. The number of benzene rings is 4. The van der Waals surface area contributed by atoms with Crippen molar-refractivity contribution in [2.24, 2.45) is 30.0 Å². The number of carbonyl (C=O) groups excluding carboxylic acids is 8. The zero-order chi connectivity index (χ0) is 66.4. The van der Waals surface area contributed by atoms with Crippen molar-refractivity contribution in [2.75, 3.05) is 36.2 Å². The third-order valence-corrected chi connectivity index (χ3v) is 16.0. The number of primary amides is 1. The number of rotatable bonds is 26. The Morgan fingerprint density at radius 2 is 1.41 bits per heavy atom. The number of nitrogens with one attached hydrogen (secondary N) is 7. The largest absolute Gasteiger partial charge is 0.478 e. The Bertz CT molecular complexity index is 3570. The third kappa shape index (κ3) is 18.1. The van der Waals surface area contributed by atoms with E-state index in [9.17, 15) is 48.3 Å². The molecule has 0 fully saturated rings. The minimum atomic E-state index is -1.12. The SMILES string of the molecule is CN[C@@H](C(=O)N[C@H](C(=O)N(C)[C@H](/C=C(\C)C(=O)O)C(C)C)C(C)(C)C)C(C)(C)c1cn(C)c2cc(NC(=O)OCc3ccc(NC(=O)[C@H](CCCNC(N)=O)NC(=O)[C@@H](NC(=O)CCC(=O)N4Cc5ccccc5C#Cc5ccccc54)C(C)C)cc3)ccc12. The lowest BCUT2D eigenvalue weighted by Gasteiger charge is -2.39. The minimum absolute atomic E-state index is 0.0859. The normalized spacial score (nSPS) is 13.9. The first kappa shape index (κ1) is 69.6. The molecule has 480 valence electrons. The van der Waals surface area contributed by atoms with Gasteiger partial charge in [-0.1, -0.05) is 129 Å². The molecule has 0 bridgehead atoms. The van der Waals surface area contributed by atoms with Gasteiger partial charge in [-0.2, -0.15) is 0 Å². The second kappa shape index (κ2) is 30.6. The Morgan fingerprint density at radius 1 is 0.767 bits per heavy atom. The molecule has 22 heteroatoms. The molecule has 22 nitrogen and oxygen atoms in total. The van der Waals surface area contributed by atoms with Gasteiger partial charge in [-0.25, -0.2) is 14.4 Å². The molecule has 6 rings (SSSR count). The Morgan fingerprint density at radius 3 is 2.04 bits per heavy atom. The molecule has 90 heavy (non-hydrogen) atoms. The summed E-state index contributed by atoms with van der Waals surface area (Å²) < 4.78 is 7.48. The van der Waals surface area contributed by atoms with Gasteiger partial charge in [0.2, 0.25) is 35.4 Å². The highest BCUT2D eigenvalue weighted by molar-refractivity contribution is 6.00. The third-order valence-electron chi connectivity index (χ3n) is 16.0. The highest BCUT2D eigenvalue weighted by Crippen LogP contribution is 2.37. The molecule has 0 unspecified atom stereocenters. The second-order valence-electron chi connectivity index (χ2n) is 25.1. The molecule has 0 radical (unpaired) electrons. The summed E-state index contributed by atoms with van der Waals surface area (Å²) in [6.45, 7) is 18.5. The number of urea groups is 1. The van der Waals surface area contributed by atoms with Crippen LogP contribution in [0.25, 0.3) is 10.9 Å². The standard InChI is InChI=1S/C68H87N11O11/c1-40(2)53(35-42(5)64(86)87)78(13)63(85)59(67(6,7)8)76-62(84)58(70-11)68(9,10)50-38-77(12)54-36-48(30-31-49(50)54)73-66(89)90-39-43-24-28-47(29-25-43)72-60(82)51(22-18-34-71-65(69)88)74-61(83)57(41(3)4)75-55(80)32-33-56(81)79-37-46-21-15-14-19-44(46)26-27-45-20-16-17-23-52(45)79/h14-17,19-21,23-25,28-31,35-36,38,40-41,51,53,57-59,70H,18,22,32-34,37,39H2,1-13H3,(H,72,82)(H,73,89)(H,74,83)(H,75,80)(H,76,84)(H,86,87)(H3,69,71,88)/b42-35+/t51-,53+,57-,58-,59+/m0/s1. The molecule has 1 aliphatic heterocycles. The molecule has 4 aromatic carbocycles. The number of carboxylic acids is 1. The number of nitrogens with two attached hydrogens (primary N) is 1. The molecule has 0 saturated carbocycles. The van der Waals surface area contributed by atoms with Crippen molar-refractivity contribution in [3.63, 3.8) is 0 Å². The molecular formula is C68H87N11O11. The lowest BCUT2D eigenvalue weighted by atomic mass is 9.76. The summed E-state index contributed by atoms with van der Waals surface area (Å²) in [6, 6.07) is 21.5. The number of nitrogens with zero attached hydrogens (tertiary/aromatic N) is 3. The number of likely N-dealkylation sites (N-methyl/N-ethyl adjacent to an activating group) is 2. The molecule has 9 amide bonds. The van der Waals surface area contributed by atoms with Crippen LogP contribution in [0.3, 0.4) is 0 Å². The molecule has 1 aromatic heterocycles. The highest BCUT2D eigenvalue weighted by Gasteiger charge is 2.43. The molecule has 1 aliphatic rings. The number of amides is 9. The monoisotopic (exact) mass is 1230 g/mol. The average molecular weight is 1230 g/mol. The van der Waals surface area contributed by atoms with Crippen LogP contribution in [0, 0.1) is 29.1 Å². The van der Waals surface area contributed by atoms with Crippen LogP contribution < -0.4 is 47.9 Å². The smallest absolute Gasteiger partial charge is 0.411 e. The molecule has 0 aliphatic carbocycles. The first-order valence-electron chi connectivity index (χ1n) is 30.1. The van der Waals surface area contributed by atoms with E-state index < -0.39 is 88.7 Å².